The first kappa shape index (κ1) is 7.99. The summed E-state index contributed by atoms with van der Waals surface area (Å²) >= 11 is 0. The van der Waals surface area contributed by atoms with Gasteiger partial charge in [0.2, 0.25) is 5.91 Å². The van der Waals surface area contributed by atoms with Gasteiger partial charge >= 0.3 is 0 Å². The topological polar surface area (TPSA) is 49.3 Å². The fraction of sp³-hybridized carbons (Fsp3) is 0.500. The van der Waals surface area contributed by atoms with Crippen molar-refractivity contribution in [3.8, 4) is 11.8 Å². The molecule has 0 aliphatic heterocycles. The predicted octanol–water partition coefficient (Wildman–Crippen LogP) is -0.882. The van der Waals surface area contributed by atoms with Gasteiger partial charge in [-0.25, -0.2) is 0 Å². The molecule has 0 aliphatic carbocycles. The largest absolute Gasteiger partial charge is 0.387 e. The van der Waals surface area contributed by atoms with E-state index < -0.39 is 12.5 Å². The van der Waals surface area contributed by atoms with Crippen LogP contribution < -0.4 is 5.32 Å². The molecule has 0 aliphatic rings. The van der Waals surface area contributed by atoms with Crippen molar-refractivity contribution in [3.63, 3.8) is 0 Å². The van der Waals surface area contributed by atoms with Gasteiger partial charge in [0.25, 0.3) is 0 Å². The molecule has 0 aromatic rings. The number of aliphatic hydroxyl groups excluding tert-OH is 1. The third kappa shape index (κ3) is 4.85. The second-order valence-corrected chi connectivity index (χ2v) is 1.36. The van der Waals surface area contributed by atoms with E-state index in [2.05, 4.69) is 17.2 Å². The van der Waals surface area contributed by atoms with Crippen molar-refractivity contribution in [2.24, 2.45) is 0 Å². The van der Waals surface area contributed by atoms with Crippen LogP contribution in [0.4, 0.5) is 0 Å². The molecule has 0 saturated carbocycles. The van der Waals surface area contributed by atoms with Crippen LogP contribution in [0.1, 0.15) is 6.92 Å². The lowest BCUT2D eigenvalue weighted by Crippen LogP contribution is -2.26. The maximum atomic E-state index is 10.3. The Bertz CT molecular complexity index is 143. The van der Waals surface area contributed by atoms with Crippen molar-refractivity contribution in [1.82, 2.24) is 5.32 Å². The number of nitrogens with one attached hydrogen (secondary N) is 1. The molecule has 0 saturated heterocycles. The zero-order valence-electron chi connectivity index (χ0n) is 5.27. The summed E-state index contributed by atoms with van der Waals surface area (Å²) < 4.78 is 0. The highest BCUT2D eigenvalue weighted by Gasteiger charge is 1.91. The molecule has 0 aromatic carbocycles. The van der Waals surface area contributed by atoms with Crippen molar-refractivity contribution in [2.45, 2.75) is 6.92 Å². The molecule has 0 fully saturated rings. The van der Waals surface area contributed by atoms with Crippen molar-refractivity contribution in [1.29, 1.82) is 0 Å². The van der Waals surface area contributed by atoms with Gasteiger partial charge in [0.05, 0.1) is 6.54 Å². The molecule has 50 valence electrons. The van der Waals surface area contributed by atoms with Gasteiger partial charge in [0, 0.05) is 0 Å². The van der Waals surface area contributed by atoms with E-state index >= 15 is 0 Å². The van der Waals surface area contributed by atoms with E-state index in [4.69, 9.17) is 5.11 Å². The van der Waals surface area contributed by atoms with Crippen LogP contribution >= 0.6 is 0 Å². The van der Waals surface area contributed by atoms with E-state index in [0.29, 0.717) is 6.54 Å². The third-order valence-electron chi connectivity index (χ3n) is 0.694. The summed E-state index contributed by atoms with van der Waals surface area (Å²) in [7, 11) is 0. The number of hydrogen-bond acceptors (Lipinski definition) is 2. The Kier molecular flexibility index (Phi) is 4.56. The lowest BCUT2D eigenvalue weighted by Gasteiger charge is -1.93. The molecule has 0 aromatic heterocycles. The molecule has 0 radical (unpaired) electrons. The van der Waals surface area contributed by atoms with E-state index in [-0.39, 0.29) is 0 Å². The first-order valence-electron chi connectivity index (χ1n) is 2.58. The van der Waals surface area contributed by atoms with Gasteiger partial charge in [0.15, 0.2) is 0 Å². The van der Waals surface area contributed by atoms with Crippen LogP contribution in [0.25, 0.3) is 0 Å². The van der Waals surface area contributed by atoms with E-state index in [9.17, 15) is 4.79 Å². The summed E-state index contributed by atoms with van der Waals surface area (Å²) in [6.45, 7) is 1.53. The van der Waals surface area contributed by atoms with Crippen LogP contribution in [-0.4, -0.2) is 24.2 Å². The average molecular weight is 127 g/mol. The molecule has 3 nitrogen and oxygen atoms in total. The van der Waals surface area contributed by atoms with Crippen LogP contribution in [0.2, 0.25) is 0 Å². The molecule has 9 heavy (non-hydrogen) atoms. The summed E-state index contributed by atoms with van der Waals surface area (Å²) in [4.78, 5) is 10.3. The Morgan fingerprint density at radius 3 is 2.89 bits per heavy atom. The van der Waals surface area contributed by atoms with E-state index in [1.807, 2.05) is 0 Å². The maximum Gasteiger partial charge on any atom is 0.246 e. The number of carbonyl (C=O) groups is 1. The standard InChI is InChI=1S/C6H9NO2/c1-2-3-4-7-6(9)5-8/h8H,4-5H2,1H3,(H,7,9). The molecule has 3 heteroatoms. The van der Waals surface area contributed by atoms with Gasteiger partial charge in [-0.3, -0.25) is 4.79 Å². The summed E-state index contributed by atoms with van der Waals surface area (Å²) in [5, 5.41) is 10.5. The average Bonchev–Trinajstić information content (AvgIpc) is 1.89. The number of aliphatic hydroxyl groups is 1. The fourth-order valence-electron chi connectivity index (χ4n) is 0.287. The van der Waals surface area contributed by atoms with Crippen molar-refractivity contribution >= 4 is 5.91 Å². The second-order valence-electron chi connectivity index (χ2n) is 1.36. The summed E-state index contributed by atoms with van der Waals surface area (Å²) in [6.07, 6.45) is 0. The lowest BCUT2D eigenvalue weighted by molar-refractivity contribution is -0.123. The molecule has 0 heterocycles. The minimum Gasteiger partial charge on any atom is -0.387 e. The van der Waals surface area contributed by atoms with Gasteiger partial charge in [0.1, 0.15) is 6.61 Å². The van der Waals surface area contributed by atoms with Gasteiger partial charge in [-0.2, -0.15) is 0 Å². The molecule has 0 rings (SSSR count). The van der Waals surface area contributed by atoms with Crippen molar-refractivity contribution in [3.05, 3.63) is 0 Å². The first-order chi connectivity index (χ1) is 4.31. The van der Waals surface area contributed by atoms with Crippen LogP contribution in [0.15, 0.2) is 0 Å². The van der Waals surface area contributed by atoms with Crippen molar-refractivity contribution in [2.75, 3.05) is 13.2 Å². The fourth-order valence-corrected chi connectivity index (χ4v) is 0.287. The van der Waals surface area contributed by atoms with Gasteiger partial charge in [-0.05, 0) is 6.92 Å². The summed E-state index contributed by atoms with van der Waals surface area (Å²) in [5.74, 6) is 4.83. The third-order valence-corrected chi connectivity index (χ3v) is 0.694. The van der Waals surface area contributed by atoms with Crippen LogP contribution in [0.5, 0.6) is 0 Å². The molecular weight excluding hydrogens is 118 g/mol. The monoisotopic (exact) mass is 127 g/mol. The van der Waals surface area contributed by atoms with E-state index in [1.165, 1.54) is 0 Å². The molecule has 0 spiro atoms. The van der Waals surface area contributed by atoms with E-state index in [1.54, 1.807) is 6.92 Å². The number of amides is 1. The smallest absolute Gasteiger partial charge is 0.246 e. The van der Waals surface area contributed by atoms with Gasteiger partial charge < -0.3 is 10.4 Å². The maximum absolute atomic E-state index is 10.3. The normalized spacial score (nSPS) is 7.33. The molecule has 0 bridgehead atoms. The Labute approximate surface area is 54.1 Å². The van der Waals surface area contributed by atoms with Crippen LogP contribution in [0, 0.1) is 11.8 Å². The number of carbonyl (C=O) groups excluding carboxylic acids is 1. The molecule has 1 amide bonds. The number of hydrogen-bond donors (Lipinski definition) is 2. The van der Waals surface area contributed by atoms with Gasteiger partial charge in [-0.15, -0.1) is 5.92 Å². The lowest BCUT2D eigenvalue weighted by atomic mass is 10.5. The van der Waals surface area contributed by atoms with Crippen LogP contribution in [-0.2, 0) is 4.79 Å². The summed E-state index contributed by atoms with van der Waals surface area (Å²) in [5.41, 5.74) is 0. The molecule has 2 N–H and O–H groups in total. The predicted molar refractivity (Wildman–Crippen MR) is 33.5 cm³/mol. The molecule has 0 atom stereocenters. The van der Waals surface area contributed by atoms with Crippen molar-refractivity contribution < 1.29 is 9.90 Å². The minimum atomic E-state index is -0.467. The number of rotatable bonds is 2. The Morgan fingerprint density at radius 2 is 2.44 bits per heavy atom. The quantitative estimate of drug-likeness (QED) is 0.473. The Balaban J connectivity index is 3.24. The minimum absolute atomic E-state index is 0.315. The van der Waals surface area contributed by atoms with Gasteiger partial charge in [-0.1, -0.05) is 5.92 Å². The summed E-state index contributed by atoms with van der Waals surface area (Å²) in [6, 6.07) is 0. The Hall–Kier alpha value is -1.01. The zero-order valence-corrected chi connectivity index (χ0v) is 5.27. The highest BCUT2D eigenvalue weighted by Crippen LogP contribution is 1.59. The zero-order chi connectivity index (χ0) is 7.11. The highest BCUT2D eigenvalue weighted by molar-refractivity contribution is 5.77. The first-order valence-corrected chi connectivity index (χ1v) is 2.58. The second kappa shape index (κ2) is 5.13. The molecular formula is C6H9NO2. The Morgan fingerprint density at radius 1 is 1.78 bits per heavy atom. The highest BCUT2D eigenvalue weighted by atomic mass is 16.3. The van der Waals surface area contributed by atoms with Crippen LogP contribution in [0.3, 0.4) is 0 Å². The molecule has 0 unspecified atom stereocenters. The SMILES string of the molecule is CC#CCNC(=O)CO. The van der Waals surface area contributed by atoms with E-state index in [0.717, 1.165) is 0 Å².